The van der Waals surface area contributed by atoms with Crippen LogP contribution in [0.25, 0.3) is 0 Å². The standard InChI is InChI=1S/C11H21NO3/c1-5-7-8(3)10(13)12-9(4)11(14)15-6-2/h8-9H,5-7H2,1-4H3,(H,12,13). The number of carbonyl (C=O) groups excluding carboxylic acids is 2. The molecule has 1 amide bonds. The molecule has 0 aliphatic heterocycles. The summed E-state index contributed by atoms with van der Waals surface area (Å²) in [7, 11) is 0. The first-order chi connectivity index (χ1) is 7.02. The van der Waals surface area contributed by atoms with Crippen LogP contribution in [0, 0.1) is 5.92 Å². The molecule has 0 fully saturated rings. The van der Waals surface area contributed by atoms with Gasteiger partial charge in [-0.2, -0.15) is 0 Å². The van der Waals surface area contributed by atoms with Gasteiger partial charge in [0.05, 0.1) is 6.61 Å². The van der Waals surface area contributed by atoms with Gasteiger partial charge in [-0.3, -0.25) is 4.79 Å². The molecule has 0 aliphatic carbocycles. The van der Waals surface area contributed by atoms with Gasteiger partial charge in [0.2, 0.25) is 5.91 Å². The van der Waals surface area contributed by atoms with E-state index in [1.54, 1.807) is 13.8 Å². The van der Waals surface area contributed by atoms with Crippen LogP contribution in [0.2, 0.25) is 0 Å². The molecule has 0 rings (SSSR count). The van der Waals surface area contributed by atoms with E-state index < -0.39 is 6.04 Å². The zero-order valence-corrected chi connectivity index (χ0v) is 10.0. The van der Waals surface area contributed by atoms with Gasteiger partial charge in [-0.15, -0.1) is 0 Å². The van der Waals surface area contributed by atoms with Crippen LogP contribution in [0.15, 0.2) is 0 Å². The van der Waals surface area contributed by atoms with Gasteiger partial charge in [-0.1, -0.05) is 20.3 Å². The molecular formula is C11H21NO3. The average Bonchev–Trinajstić information content (AvgIpc) is 2.18. The first-order valence-electron chi connectivity index (χ1n) is 5.49. The quantitative estimate of drug-likeness (QED) is 0.683. The molecule has 0 saturated carbocycles. The van der Waals surface area contributed by atoms with Gasteiger partial charge in [-0.05, 0) is 20.3 Å². The fourth-order valence-electron chi connectivity index (χ4n) is 1.25. The predicted octanol–water partition coefficient (Wildman–Crippen LogP) is 1.49. The minimum atomic E-state index is -0.559. The highest BCUT2D eigenvalue weighted by Gasteiger charge is 2.19. The Labute approximate surface area is 91.4 Å². The van der Waals surface area contributed by atoms with Crippen molar-refractivity contribution in [2.24, 2.45) is 5.92 Å². The van der Waals surface area contributed by atoms with Gasteiger partial charge in [0.1, 0.15) is 6.04 Å². The molecule has 88 valence electrons. The molecule has 0 saturated heterocycles. The van der Waals surface area contributed by atoms with Crippen LogP contribution in [0.5, 0.6) is 0 Å². The Kier molecular flexibility index (Phi) is 6.75. The number of amides is 1. The maximum Gasteiger partial charge on any atom is 0.328 e. The van der Waals surface area contributed by atoms with Crippen molar-refractivity contribution in [2.45, 2.75) is 46.6 Å². The van der Waals surface area contributed by atoms with Gasteiger partial charge < -0.3 is 10.1 Å². The second kappa shape index (κ2) is 7.26. The lowest BCUT2D eigenvalue weighted by molar-refractivity contribution is -0.147. The van der Waals surface area contributed by atoms with Gasteiger partial charge >= 0.3 is 5.97 Å². The van der Waals surface area contributed by atoms with Crippen molar-refractivity contribution in [1.82, 2.24) is 5.32 Å². The summed E-state index contributed by atoms with van der Waals surface area (Å²) in [4.78, 5) is 22.8. The van der Waals surface area contributed by atoms with E-state index >= 15 is 0 Å². The number of esters is 1. The summed E-state index contributed by atoms with van der Waals surface area (Å²) >= 11 is 0. The topological polar surface area (TPSA) is 55.4 Å². The first-order valence-corrected chi connectivity index (χ1v) is 5.49. The first kappa shape index (κ1) is 13.9. The summed E-state index contributed by atoms with van der Waals surface area (Å²) in [5.74, 6) is -0.515. The lowest BCUT2D eigenvalue weighted by Crippen LogP contribution is -2.42. The van der Waals surface area contributed by atoms with E-state index in [0.717, 1.165) is 12.8 Å². The monoisotopic (exact) mass is 215 g/mol. The van der Waals surface area contributed by atoms with E-state index in [1.807, 2.05) is 13.8 Å². The van der Waals surface area contributed by atoms with Crippen LogP contribution in [-0.4, -0.2) is 24.5 Å². The molecule has 2 atom stereocenters. The van der Waals surface area contributed by atoms with Crippen molar-refractivity contribution in [1.29, 1.82) is 0 Å². The molecule has 4 nitrogen and oxygen atoms in total. The Balaban J connectivity index is 4.00. The number of hydrogen-bond acceptors (Lipinski definition) is 3. The van der Waals surface area contributed by atoms with E-state index in [9.17, 15) is 9.59 Å². The van der Waals surface area contributed by atoms with E-state index in [2.05, 4.69) is 5.32 Å². The van der Waals surface area contributed by atoms with Crippen LogP contribution in [-0.2, 0) is 14.3 Å². The minimum absolute atomic E-state index is 0.0492. The van der Waals surface area contributed by atoms with E-state index in [0.29, 0.717) is 6.61 Å². The van der Waals surface area contributed by atoms with E-state index in [1.165, 1.54) is 0 Å². The third-order valence-electron chi connectivity index (χ3n) is 2.17. The highest BCUT2D eigenvalue weighted by molar-refractivity contribution is 5.85. The third-order valence-corrected chi connectivity index (χ3v) is 2.17. The molecule has 0 spiro atoms. The molecule has 0 aromatic carbocycles. The lowest BCUT2D eigenvalue weighted by Gasteiger charge is -2.15. The van der Waals surface area contributed by atoms with Gasteiger partial charge in [0.15, 0.2) is 0 Å². The summed E-state index contributed by atoms with van der Waals surface area (Å²) in [6, 6.07) is -0.559. The largest absolute Gasteiger partial charge is 0.464 e. The number of nitrogens with one attached hydrogen (secondary N) is 1. The lowest BCUT2D eigenvalue weighted by atomic mass is 10.1. The molecule has 0 aliphatic rings. The van der Waals surface area contributed by atoms with Gasteiger partial charge in [-0.25, -0.2) is 4.79 Å². The highest BCUT2D eigenvalue weighted by atomic mass is 16.5. The van der Waals surface area contributed by atoms with Crippen LogP contribution >= 0.6 is 0 Å². The maximum atomic E-state index is 11.5. The highest BCUT2D eigenvalue weighted by Crippen LogP contribution is 2.05. The maximum absolute atomic E-state index is 11.5. The molecule has 15 heavy (non-hydrogen) atoms. The Morgan fingerprint density at radius 1 is 1.27 bits per heavy atom. The smallest absolute Gasteiger partial charge is 0.328 e. The second-order valence-electron chi connectivity index (χ2n) is 3.67. The van der Waals surface area contributed by atoms with Crippen molar-refractivity contribution in [3.63, 3.8) is 0 Å². The van der Waals surface area contributed by atoms with Crippen molar-refractivity contribution >= 4 is 11.9 Å². The summed E-state index contributed by atoms with van der Waals surface area (Å²) < 4.78 is 4.79. The molecule has 0 radical (unpaired) electrons. The molecule has 4 heteroatoms. The molecule has 0 bridgehead atoms. The van der Waals surface area contributed by atoms with Crippen LogP contribution in [0.3, 0.4) is 0 Å². The number of hydrogen-bond donors (Lipinski definition) is 1. The van der Waals surface area contributed by atoms with E-state index in [-0.39, 0.29) is 17.8 Å². The molecule has 2 unspecified atom stereocenters. The minimum Gasteiger partial charge on any atom is -0.464 e. The summed E-state index contributed by atoms with van der Waals surface area (Å²) in [6.45, 7) is 7.60. The summed E-state index contributed by atoms with van der Waals surface area (Å²) in [6.07, 6.45) is 1.80. The predicted molar refractivity (Wildman–Crippen MR) is 58.3 cm³/mol. The Hall–Kier alpha value is -1.06. The number of ether oxygens (including phenoxy) is 1. The summed E-state index contributed by atoms with van der Waals surface area (Å²) in [5, 5.41) is 2.64. The van der Waals surface area contributed by atoms with Crippen LogP contribution in [0.4, 0.5) is 0 Å². The summed E-state index contributed by atoms with van der Waals surface area (Å²) in [5.41, 5.74) is 0. The third kappa shape index (κ3) is 5.40. The molecule has 1 N–H and O–H groups in total. The van der Waals surface area contributed by atoms with E-state index in [4.69, 9.17) is 4.74 Å². The van der Waals surface area contributed by atoms with Crippen molar-refractivity contribution < 1.29 is 14.3 Å². The van der Waals surface area contributed by atoms with Crippen LogP contribution in [0.1, 0.15) is 40.5 Å². The van der Waals surface area contributed by atoms with Crippen molar-refractivity contribution in [3.8, 4) is 0 Å². The molecule has 0 aromatic rings. The normalized spacial score (nSPS) is 14.1. The molecular weight excluding hydrogens is 194 g/mol. The Morgan fingerprint density at radius 3 is 2.33 bits per heavy atom. The fourth-order valence-corrected chi connectivity index (χ4v) is 1.25. The molecule has 0 heterocycles. The van der Waals surface area contributed by atoms with Crippen molar-refractivity contribution in [2.75, 3.05) is 6.61 Å². The Morgan fingerprint density at radius 2 is 1.87 bits per heavy atom. The van der Waals surface area contributed by atoms with Crippen molar-refractivity contribution in [3.05, 3.63) is 0 Å². The number of rotatable bonds is 6. The second-order valence-corrected chi connectivity index (χ2v) is 3.67. The number of carbonyl (C=O) groups is 2. The SMILES string of the molecule is CCCC(C)C(=O)NC(C)C(=O)OCC. The zero-order valence-electron chi connectivity index (χ0n) is 10.0. The van der Waals surface area contributed by atoms with Gasteiger partial charge in [0.25, 0.3) is 0 Å². The Bertz CT molecular complexity index is 216. The molecule has 0 aromatic heterocycles. The van der Waals surface area contributed by atoms with Crippen LogP contribution < -0.4 is 5.32 Å². The zero-order chi connectivity index (χ0) is 11.8. The fraction of sp³-hybridized carbons (Fsp3) is 0.818. The average molecular weight is 215 g/mol. The van der Waals surface area contributed by atoms with Gasteiger partial charge in [0, 0.05) is 5.92 Å².